The zero-order valence-electron chi connectivity index (χ0n) is 9.37. The van der Waals surface area contributed by atoms with Gasteiger partial charge in [0.25, 0.3) is 0 Å². The molecule has 3 rings (SSSR count). The second-order valence-electron chi connectivity index (χ2n) is 4.21. The number of nitrogens with one attached hydrogen (secondary N) is 1. The number of hydrogen-bond donors (Lipinski definition) is 1. The van der Waals surface area contributed by atoms with Gasteiger partial charge in [0.15, 0.2) is 0 Å². The predicted octanol–water partition coefficient (Wildman–Crippen LogP) is 2.52. The van der Waals surface area contributed by atoms with Gasteiger partial charge in [-0.3, -0.25) is 0 Å². The number of hydrogen-bond acceptors (Lipinski definition) is 3. The Balaban J connectivity index is 1.83. The van der Waals surface area contributed by atoms with E-state index in [9.17, 15) is 4.39 Å². The molecule has 0 amide bonds. The van der Waals surface area contributed by atoms with Crippen LogP contribution in [0.1, 0.15) is 21.1 Å². The summed E-state index contributed by atoms with van der Waals surface area (Å²) in [5.41, 5.74) is 2.21. The average Bonchev–Trinajstić information content (AvgIpc) is 2.71. The molecule has 88 valence electrons. The molecule has 0 fully saturated rings. The smallest absolute Gasteiger partial charge is 0.123 e. The Hall–Kier alpha value is -1.26. The fraction of sp³-hybridized carbons (Fsp3) is 0.308. The Morgan fingerprint density at radius 2 is 2.35 bits per heavy atom. The van der Waals surface area contributed by atoms with Crippen molar-refractivity contribution in [2.75, 3.05) is 6.54 Å². The van der Waals surface area contributed by atoms with Crippen molar-refractivity contribution in [1.29, 1.82) is 0 Å². The van der Waals surface area contributed by atoms with E-state index in [0.29, 0.717) is 0 Å². The second-order valence-corrected chi connectivity index (χ2v) is 5.38. The highest BCUT2D eigenvalue weighted by atomic mass is 32.1. The van der Waals surface area contributed by atoms with Crippen molar-refractivity contribution in [2.24, 2.45) is 0 Å². The van der Waals surface area contributed by atoms with E-state index in [1.54, 1.807) is 23.5 Å². The van der Waals surface area contributed by atoms with Gasteiger partial charge in [-0.25, -0.2) is 9.37 Å². The van der Waals surface area contributed by atoms with Crippen LogP contribution in [0.2, 0.25) is 0 Å². The summed E-state index contributed by atoms with van der Waals surface area (Å²) >= 11 is 1.74. The number of fused-ring (bicyclic) bond motifs is 1. The minimum atomic E-state index is -0.175. The van der Waals surface area contributed by atoms with Crippen LogP contribution in [0.25, 0.3) is 0 Å². The molecule has 2 nitrogen and oxygen atoms in total. The van der Waals surface area contributed by atoms with Gasteiger partial charge in [-0.15, -0.1) is 11.3 Å². The number of benzene rings is 1. The summed E-state index contributed by atoms with van der Waals surface area (Å²) in [6.45, 7) is 1.94. The van der Waals surface area contributed by atoms with E-state index in [1.165, 1.54) is 16.6 Å². The van der Waals surface area contributed by atoms with Crippen molar-refractivity contribution >= 4 is 11.3 Å². The lowest BCUT2D eigenvalue weighted by molar-refractivity contribution is 0.626. The zero-order chi connectivity index (χ0) is 11.7. The van der Waals surface area contributed by atoms with Gasteiger partial charge in [0.1, 0.15) is 5.82 Å². The monoisotopic (exact) mass is 248 g/mol. The molecule has 1 aromatic heterocycles. The van der Waals surface area contributed by atoms with E-state index >= 15 is 0 Å². The minimum Gasteiger partial charge on any atom is -0.311 e. The van der Waals surface area contributed by atoms with Crippen LogP contribution in [0, 0.1) is 5.82 Å². The van der Waals surface area contributed by atoms with E-state index in [1.807, 2.05) is 6.07 Å². The minimum absolute atomic E-state index is 0.175. The largest absolute Gasteiger partial charge is 0.311 e. The molecule has 4 heteroatoms. The van der Waals surface area contributed by atoms with Crippen LogP contribution in [0.5, 0.6) is 0 Å². The van der Waals surface area contributed by atoms with Crippen LogP contribution >= 0.6 is 11.3 Å². The van der Waals surface area contributed by atoms with Crippen molar-refractivity contribution in [3.05, 3.63) is 51.2 Å². The third-order valence-electron chi connectivity index (χ3n) is 2.89. The first kappa shape index (κ1) is 10.9. The zero-order valence-corrected chi connectivity index (χ0v) is 10.2. The van der Waals surface area contributed by atoms with Gasteiger partial charge >= 0.3 is 0 Å². The predicted molar refractivity (Wildman–Crippen MR) is 66.7 cm³/mol. The molecular formula is C13H13FN2S. The molecule has 2 heterocycles. The highest BCUT2D eigenvalue weighted by molar-refractivity contribution is 7.11. The summed E-state index contributed by atoms with van der Waals surface area (Å²) < 4.78 is 13.1. The van der Waals surface area contributed by atoms with Crippen LogP contribution < -0.4 is 5.32 Å². The number of halogens is 1. The van der Waals surface area contributed by atoms with E-state index in [4.69, 9.17) is 0 Å². The quantitative estimate of drug-likeness (QED) is 0.883. The molecule has 0 atom stereocenters. The molecule has 0 bridgehead atoms. The van der Waals surface area contributed by atoms with Crippen LogP contribution in [0.4, 0.5) is 4.39 Å². The van der Waals surface area contributed by atoms with Crippen molar-refractivity contribution in [3.8, 4) is 0 Å². The van der Waals surface area contributed by atoms with Crippen molar-refractivity contribution in [3.63, 3.8) is 0 Å². The first-order chi connectivity index (χ1) is 8.31. The van der Waals surface area contributed by atoms with E-state index in [-0.39, 0.29) is 5.82 Å². The standard InChI is InChI=1S/C13H13FN2S/c14-10-3-1-2-9(6-10)7-13-16-11-4-5-15-8-12(11)17-13/h1-3,6,15H,4-5,7-8H2. The molecule has 0 saturated carbocycles. The summed E-state index contributed by atoms with van der Waals surface area (Å²) in [5.74, 6) is -0.175. The Bertz CT molecular complexity index is 512. The summed E-state index contributed by atoms with van der Waals surface area (Å²) in [5, 5.41) is 4.42. The van der Waals surface area contributed by atoms with Gasteiger partial charge < -0.3 is 5.32 Å². The van der Waals surface area contributed by atoms with Crippen molar-refractivity contribution in [1.82, 2.24) is 10.3 Å². The maximum Gasteiger partial charge on any atom is 0.123 e. The maximum absolute atomic E-state index is 13.1. The summed E-state index contributed by atoms with van der Waals surface area (Å²) in [6.07, 6.45) is 1.74. The third kappa shape index (κ3) is 2.37. The Morgan fingerprint density at radius 1 is 1.41 bits per heavy atom. The van der Waals surface area contributed by atoms with Crippen molar-refractivity contribution < 1.29 is 4.39 Å². The molecule has 0 unspecified atom stereocenters. The topological polar surface area (TPSA) is 24.9 Å². The summed E-state index contributed by atoms with van der Waals surface area (Å²) in [4.78, 5) is 5.97. The number of nitrogens with zero attached hydrogens (tertiary/aromatic N) is 1. The highest BCUT2D eigenvalue weighted by Gasteiger charge is 2.14. The van der Waals surface area contributed by atoms with Gasteiger partial charge in [0.05, 0.1) is 10.7 Å². The molecule has 1 aliphatic heterocycles. The molecule has 0 saturated heterocycles. The van der Waals surface area contributed by atoms with Crippen LogP contribution in [0.15, 0.2) is 24.3 Å². The Morgan fingerprint density at radius 3 is 3.18 bits per heavy atom. The number of thiazole rings is 1. The SMILES string of the molecule is Fc1cccc(Cc2nc3c(s2)CNCC3)c1. The summed E-state index contributed by atoms with van der Waals surface area (Å²) in [7, 11) is 0. The van der Waals surface area contributed by atoms with Crippen LogP contribution in [-0.4, -0.2) is 11.5 Å². The van der Waals surface area contributed by atoms with Gasteiger partial charge in [-0.1, -0.05) is 12.1 Å². The first-order valence-electron chi connectivity index (χ1n) is 5.74. The number of aromatic nitrogens is 1. The molecule has 0 radical (unpaired) electrons. The Kier molecular flexibility index (Phi) is 2.91. The van der Waals surface area contributed by atoms with Gasteiger partial charge in [0.2, 0.25) is 0 Å². The molecule has 1 aliphatic rings. The van der Waals surface area contributed by atoms with E-state index in [0.717, 1.165) is 36.5 Å². The molecular weight excluding hydrogens is 235 g/mol. The Labute approximate surface area is 104 Å². The first-order valence-corrected chi connectivity index (χ1v) is 6.55. The average molecular weight is 248 g/mol. The molecule has 1 N–H and O–H groups in total. The van der Waals surface area contributed by atoms with Gasteiger partial charge in [0, 0.05) is 30.8 Å². The molecule has 1 aromatic carbocycles. The molecule has 17 heavy (non-hydrogen) atoms. The van der Waals surface area contributed by atoms with E-state index in [2.05, 4.69) is 10.3 Å². The van der Waals surface area contributed by atoms with Gasteiger partial charge in [-0.05, 0) is 17.7 Å². The fourth-order valence-corrected chi connectivity index (χ4v) is 3.19. The van der Waals surface area contributed by atoms with Crippen molar-refractivity contribution in [2.45, 2.75) is 19.4 Å². The van der Waals surface area contributed by atoms with Crippen LogP contribution in [-0.2, 0) is 19.4 Å². The fourth-order valence-electron chi connectivity index (χ4n) is 2.08. The molecule has 0 spiro atoms. The lowest BCUT2D eigenvalue weighted by Crippen LogP contribution is -2.22. The summed E-state index contributed by atoms with van der Waals surface area (Å²) in [6, 6.07) is 6.75. The third-order valence-corrected chi connectivity index (χ3v) is 3.99. The maximum atomic E-state index is 13.1. The van der Waals surface area contributed by atoms with Crippen LogP contribution in [0.3, 0.4) is 0 Å². The molecule has 2 aromatic rings. The highest BCUT2D eigenvalue weighted by Crippen LogP contribution is 2.23. The lowest BCUT2D eigenvalue weighted by atomic mass is 10.1. The molecule has 0 aliphatic carbocycles. The normalized spacial score (nSPS) is 14.6. The van der Waals surface area contributed by atoms with E-state index < -0.39 is 0 Å². The lowest BCUT2D eigenvalue weighted by Gasteiger charge is -2.09. The van der Waals surface area contributed by atoms with Gasteiger partial charge in [-0.2, -0.15) is 0 Å². The second kappa shape index (κ2) is 4.55. The number of rotatable bonds is 2.